The van der Waals surface area contributed by atoms with Crippen LogP contribution >= 0.6 is 0 Å². The third-order valence-corrected chi connectivity index (χ3v) is 5.19. The van der Waals surface area contributed by atoms with Crippen LogP contribution in [0.25, 0.3) is 11.4 Å². The van der Waals surface area contributed by atoms with Crippen molar-refractivity contribution in [3.63, 3.8) is 0 Å². The second-order valence-electron chi connectivity index (χ2n) is 7.49. The van der Waals surface area contributed by atoms with E-state index in [1.165, 1.54) is 6.42 Å². The van der Waals surface area contributed by atoms with Crippen molar-refractivity contribution in [2.45, 2.75) is 32.7 Å². The summed E-state index contributed by atoms with van der Waals surface area (Å²) in [7, 11) is 0. The molecule has 2 heterocycles. The molecule has 0 saturated carbocycles. The first-order valence-electron chi connectivity index (χ1n) is 10.2. The summed E-state index contributed by atoms with van der Waals surface area (Å²) < 4.78 is 5.27. The Morgan fingerprint density at radius 3 is 2.57 bits per heavy atom. The SMILES string of the molecule is Cc1ccc(C(=O)NCc2nc(-c3cccc(C(=O)N4CCCCC4)c3)no2)cc1. The first kappa shape index (κ1) is 19.8. The van der Waals surface area contributed by atoms with Crippen LogP contribution in [0.4, 0.5) is 0 Å². The number of benzene rings is 2. The average molecular weight is 404 g/mol. The summed E-state index contributed by atoms with van der Waals surface area (Å²) in [6.45, 7) is 3.70. The number of hydrogen-bond donors (Lipinski definition) is 1. The Morgan fingerprint density at radius 1 is 1.03 bits per heavy atom. The molecule has 7 heteroatoms. The van der Waals surface area contributed by atoms with Crippen LogP contribution < -0.4 is 5.32 Å². The van der Waals surface area contributed by atoms with Gasteiger partial charge in [-0.25, -0.2) is 0 Å². The fourth-order valence-corrected chi connectivity index (χ4v) is 3.48. The second-order valence-corrected chi connectivity index (χ2v) is 7.49. The van der Waals surface area contributed by atoms with Crippen LogP contribution in [0.3, 0.4) is 0 Å². The molecule has 3 aromatic rings. The Balaban J connectivity index is 1.41. The lowest BCUT2D eigenvalue weighted by molar-refractivity contribution is 0.0724. The molecule has 0 bridgehead atoms. The Labute approximate surface area is 175 Å². The van der Waals surface area contributed by atoms with Crippen molar-refractivity contribution in [2.75, 3.05) is 13.1 Å². The van der Waals surface area contributed by atoms with E-state index in [1.54, 1.807) is 18.2 Å². The first-order valence-corrected chi connectivity index (χ1v) is 10.2. The zero-order valence-corrected chi connectivity index (χ0v) is 16.9. The number of nitrogens with one attached hydrogen (secondary N) is 1. The highest BCUT2D eigenvalue weighted by molar-refractivity contribution is 5.95. The van der Waals surface area contributed by atoms with E-state index < -0.39 is 0 Å². The molecule has 4 rings (SSSR count). The lowest BCUT2D eigenvalue weighted by Gasteiger charge is -2.26. The van der Waals surface area contributed by atoms with Gasteiger partial charge in [-0.15, -0.1) is 0 Å². The van der Waals surface area contributed by atoms with Gasteiger partial charge in [0.1, 0.15) is 0 Å². The fourth-order valence-electron chi connectivity index (χ4n) is 3.48. The summed E-state index contributed by atoms with van der Waals surface area (Å²) in [6.07, 6.45) is 3.28. The van der Waals surface area contributed by atoms with Crippen LogP contribution in [0.15, 0.2) is 53.1 Å². The van der Waals surface area contributed by atoms with E-state index in [1.807, 2.05) is 42.2 Å². The van der Waals surface area contributed by atoms with Crippen molar-refractivity contribution in [1.29, 1.82) is 0 Å². The molecule has 2 amide bonds. The van der Waals surface area contributed by atoms with Gasteiger partial charge >= 0.3 is 0 Å². The molecular weight excluding hydrogens is 380 g/mol. The minimum atomic E-state index is -0.205. The van der Waals surface area contributed by atoms with E-state index in [4.69, 9.17) is 4.52 Å². The number of carbonyl (C=O) groups is 2. The predicted molar refractivity (Wildman–Crippen MR) is 112 cm³/mol. The van der Waals surface area contributed by atoms with Gasteiger partial charge in [-0.2, -0.15) is 4.98 Å². The molecule has 0 radical (unpaired) electrons. The Bertz CT molecular complexity index is 1040. The maximum Gasteiger partial charge on any atom is 0.253 e. The number of amides is 2. The lowest BCUT2D eigenvalue weighted by atomic mass is 10.1. The highest BCUT2D eigenvalue weighted by Crippen LogP contribution is 2.20. The number of nitrogens with zero attached hydrogens (tertiary/aromatic N) is 3. The number of hydrogen-bond acceptors (Lipinski definition) is 5. The van der Waals surface area contributed by atoms with Gasteiger partial charge in [-0.05, 0) is 50.5 Å². The van der Waals surface area contributed by atoms with Crippen LogP contribution in [-0.2, 0) is 6.54 Å². The van der Waals surface area contributed by atoms with Crippen molar-refractivity contribution in [3.05, 3.63) is 71.1 Å². The summed E-state index contributed by atoms with van der Waals surface area (Å²) in [5.41, 5.74) is 2.99. The molecule has 1 saturated heterocycles. The van der Waals surface area contributed by atoms with E-state index in [2.05, 4.69) is 15.5 Å². The van der Waals surface area contributed by atoms with Gasteiger partial charge in [0.15, 0.2) is 0 Å². The van der Waals surface area contributed by atoms with E-state index in [9.17, 15) is 9.59 Å². The molecule has 7 nitrogen and oxygen atoms in total. The van der Waals surface area contributed by atoms with E-state index >= 15 is 0 Å². The summed E-state index contributed by atoms with van der Waals surface area (Å²) in [5.74, 6) is 0.524. The van der Waals surface area contributed by atoms with Crippen LogP contribution in [0.1, 0.15) is 51.4 Å². The third kappa shape index (κ3) is 4.56. The molecule has 0 unspecified atom stereocenters. The number of aromatic nitrogens is 2. The van der Waals surface area contributed by atoms with Gasteiger partial charge < -0.3 is 14.7 Å². The molecule has 0 spiro atoms. The van der Waals surface area contributed by atoms with Crippen molar-refractivity contribution in [3.8, 4) is 11.4 Å². The quantitative estimate of drug-likeness (QED) is 0.702. The predicted octanol–water partition coefficient (Wildman–Crippen LogP) is 3.60. The molecule has 154 valence electrons. The van der Waals surface area contributed by atoms with Crippen LogP contribution in [0.5, 0.6) is 0 Å². The van der Waals surface area contributed by atoms with Crippen molar-refractivity contribution in [1.82, 2.24) is 20.4 Å². The largest absolute Gasteiger partial charge is 0.343 e. The average Bonchev–Trinajstić information content (AvgIpc) is 3.27. The smallest absolute Gasteiger partial charge is 0.253 e. The Kier molecular flexibility index (Phi) is 5.88. The molecule has 1 aliphatic heterocycles. The number of rotatable bonds is 5. The van der Waals surface area contributed by atoms with E-state index in [0.717, 1.165) is 31.5 Å². The zero-order valence-electron chi connectivity index (χ0n) is 16.9. The Morgan fingerprint density at radius 2 is 1.80 bits per heavy atom. The maximum absolute atomic E-state index is 12.7. The van der Waals surface area contributed by atoms with E-state index in [0.29, 0.717) is 28.4 Å². The fraction of sp³-hybridized carbons (Fsp3) is 0.304. The monoisotopic (exact) mass is 404 g/mol. The minimum Gasteiger partial charge on any atom is -0.343 e. The van der Waals surface area contributed by atoms with Gasteiger partial charge in [0.2, 0.25) is 11.7 Å². The molecule has 2 aromatic carbocycles. The number of piperidine rings is 1. The topological polar surface area (TPSA) is 88.3 Å². The molecule has 1 aromatic heterocycles. The molecule has 0 aliphatic carbocycles. The number of aryl methyl sites for hydroxylation is 1. The highest BCUT2D eigenvalue weighted by Gasteiger charge is 2.19. The lowest BCUT2D eigenvalue weighted by Crippen LogP contribution is -2.35. The number of likely N-dealkylation sites (tertiary alicyclic amines) is 1. The first-order chi connectivity index (χ1) is 14.6. The molecular formula is C23H24N4O3. The summed E-state index contributed by atoms with van der Waals surface area (Å²) in [6, 6.07) is 14.6. The summed E-state index contributed by atoms with van der Waals surface area (Å²) in [4.78, 5) is 31.2. The Hall–Kier alpha value is -3.48. The van der Waals surface area contributed by atoms with E-state index in [-0.39, 0.29) is 18.4 Å². The van der Waals surface area contributed by atoms with Gasteiger partial charge in [-0.1, -0.05) is 35.0 Å². The van der Waals surface area contributed by atoms with Crippen molar-refractivity contribution >= 4 is 11.8 Å². The summed E-state index contributed by atoms with van der Waals surface area (Å²) in [5, 5.41) is 6.78. The minimum absolute atomic E-state index is 0.0330. The van der Waals surface area contributed by atoms with Gasteiger partial charge in [0.05, 0.1) is 6.54 Å². The molecule has 30 heavy (non-hydrogen) atoms. The number of carbonyl (C=O) groups excluding carboxylic acids is 2. The molecule has 1 N–H and O–H groups in total. The van der Waals surface area contributed by atoms with Crippen molar-refractivity contribution < 1.29 is 14.1 Å². The molecule has 1 aliphatic rings. The maximum atomic E-state index is 12.7. The van der Waals surface area contributed by atoms with Crippen LogP contribution in [-0.4, -0.2) is 39.9 Å². The molecule has 0 atom stereocenters. The molecule has 1 fully saturated rings. The summed E-state index contributed by atoms with van der Waals surface area (Å²) >= 11 is 0. The van der Waals surface area contributed by atoms with Crippen LogP contribution in [0, 0.1) is 6.92 Å². The zero-order chi connectivity index (χ0) is 20.9. The second kappa shape index (κ2) is 8.90. The van der Waals surface area contributed by atoms with Gasteiger partial charge in [0.25, 0.3) is 11.8 Å². The third-order valence-electron chi connectivity index (χ3n) is 5.19. The van der Waals surface area contributed by atoms with Crippen LogP contribution in [0.2, 0.25) is 0 Å². The van der Waals surface area contributed by atoms with Gasteiger partial charge in [0, 0.05) is 29.8 Å². The standard InChI is InChI=1S/C23H24N4O3/c1-16-8-10-17(11-9-16)22(28)24-15-20-25-21(26-30-20)18-6-5-7-19(14-18)23(29)27-12-3-2-4-13-27/h5-11,14H,2-4,12-13,15H2,1H3,(H,24,28). The van der Waals surface area contributed by atoms with Crippen molar-refractivity contribution in [2.24, 2.45) is 0 Å². The highest BCUT2D eigenvalue weighted by atomic mass is 16.5. The van der Waals surface area contributed by atoms with Gasteiger partial charge in [-0.3, -0.25) is 9.59 Å². The normalized spacial score (nSPS) is 13.8.